The number of rotatable bonds is 8. The van der Waals surface area contributed by atoms with E-state index >= 15 is 0 Å². The van der Waals surface area contributed by atoms with E-state index in [1.165, 1.54) is 0 Å². The highest BCUT2D eigenvalue weighted by Gasteiger charge is 2.07. The largest absolute Gasteiger partial charge is 0.490 e. The number of hydrogen-bond acceptors (Lipinski definition) is 5. The Bertz CT molecular complexity index is 1120. The Balaban J connectivity index is 1.43. The maximum absolute atomic E-state index is 5.96. The number of nitrogens with zero attached hydrogens (tertiary/aromatic N) is 2. The lowest BCUT2D eigenvalue weighted by Gasteiger charge is -2.12. The summed E-state index contributed by atoms with van der Waals surface area (Å²) in [5, 5.41) is 4.27. The van der Waals surface area contributed by atoms with E-state index in [1.54, 1.807) is 6.21 Å². The predicted octanol–water partition coefficient (Wildman–Crippen LogP) is 5.75. The Morgan fingerprint density at radius 3 is 2.67 bits per heavy atom. The van der Waals surface area contributed by atoms with E-state index < -0.39 is 0 Å². The van der Waals surface area contributed by atoms with Gasteiger partial charge in [-0.05, 0) is 60.5 Å². The van der Waals surface area contributed by atoms with Crippen LogP contribution in [-0.4, -0.2) is 22.8 Å². The third-order valence-electron chi connectivity index (χ3n) is 4.35. The normalized spacial score (nSPS) is 11.1. The van der Waals surface area contributed by atoms with Gasteiger partial charge in [-0.2, -0.15) is 5.10 Å². The number of fused-ring (bicyclic) bond motifs is 1. The van der Waals surface area contributed by atoms with Gasteiger partial charge in [-0.3, -0.25) is 0 Å². The van der Waals surface area contributed by atoms with Crippen LogP contribution >= 0.6 is 15.9 Å². The van der Waals surface area contributed by atoms with Crippen molar-refractivity contribution in [3.05, 3.63) is 82.3 Å². The molecule has 0 radical (unpaired) electrons. The molecule has 1 heterocycles. The molecule has 0 saturated carbocycles. The Morgan fingerprint density at radius 2 is 1.87 bits per heavy atom. The number of H-pyrrole nitrogens is 1. The molecule has 4 aromatic rings. The van der Waals surface area contributed by atoms with E-state index in [0.717, 1.165) is 26.6 Å². The van der Waals surface area contributed by atoms with E-state index in [1.807, 2.05) is 73.7 Å². The van der Waals surface area contributed by atoms with Crippen molar-refractivity contribution in [3.63, 3.8) is 0 Å². The van der Waals surface area contributed by atoms with Crippen LogP contribution in [0.4, 0.5) is 5.95 Å². The highest BCUT2D eigenvalue weighted by molar-refractivity contribution is 9.10. The fourth-order valence-corrected chi connectivity index (χ4v) is 3.17. The molecule has 0 fully saturated rings. The van der Waals surface area contributed by atoms with Gasteiger partial charge in [0.05, 0.1) is 23.9 Å². The Hall–Kier alpha value is -3.32. The number of benzene rings is 3. The third-order valence-corrected chi connectivity index (χ3v) is 4.88. The van der Waals surface area contributed by atoms with Gasteiger partial charge in [-0.1, -0.05) is 40.2 Å². The van der Waals surface area contributed by atoms with E-state index in [-0.39, 0.29) is 0 Å². The van der Waals surface area contributed by atoms with Gasteiger partial charge < -0.3 is 14.5 Å². The second kappa shape index (κ2) is 9.45. The van der Waals surface area contributed by atoms with E-state index in [2.05, 4.69) is 36.4 Å². The fourth-order valence-electron chi connectivity index (χ4n) is 2.91. The lowest BCUT2D eigenvalue weighted by atomic mass is 10.2. The molecule has 30 heavy (non-hydrogen) atoms. The average molecular weight is 465 g/mol. The molecule has 2 N–H and O–H groups in total. The summed E-state index contributed by atoms with van der Waals surface area (Å²) in [6.07, 6.45) is 1.72. The maximum Gasteiger partial charge on any atom is 0.222 e. The fraction of sp³-hybridized carbons (Fsp3) is 0.130. The van der Waals surface area contributed by atoms with Crippen molar-refractivity contribution < 1.29 is 9.47 Å². The van der Waals surface area contributed by atoms with Crippen LogP contribution in [0.3, 0.4) is 0 Å². The summed E-state index contributed by atoms with van der Waals surface area (Å²) in [6, 6.07) is 21.6. The quantitative estimate of drug-likeness (QED) is 0.257. The zero-order valence-electron chi connectivity index (χ0n) is 16.4. The molecule has 0 atom stereocenters. The van der Waals surface area contributed by atoms with Gasteiger partial charge in [0.2, 0.25) is 5.95 Å². The van der Waals surface area contributed by atoms with E-state index in [9.17, 15) is 0 Å². The molecule has 0 amide bonds. The van der Waals surface area contributed by atoms with Gasteiger partial charge in [-0.25, -0.2) is 10.4 Å². The zero-order chi connectivity index (χ0) is 20.8. The minimum Gasteiger partial charge on any atom is -0.490 e. The van der Waals surface area contributed by atoms with Crippen LogP contribution in [0, 0.1) is 0 Å². The van der Waals surface area contributed by atoms with Crippen LogP contribution in [0.5, 0.6) is 11.5 Å². The number of hydrazone groups is 1. The first-order chi connectivity index (χ1) is 14.7. The van der Waals surface area contributed by atoms with Gasteiger partial charge in [0.15, 0.2) is 11.5 Å². The number of aromatic nitrogens is 2. The van der Waals surface area contributed by atoms with E-state index in [0.29, 0.717) is 30.7 Å². The standard InChI is InChI=1S/C23H21BrN4O2/c1-2-29-22-13-17(9-12-21(22)30-15-16-7-10-18(24)11-8-16)14-25-28-23-26-19-5-3-4-6-20(19)27-23/h3-14H,2,15H2,1H3,(H2,26,27,28)/b25-14+. The molecule has 3 aromatic carbocycles. The monoisotopic (exact) mass is 464 g/mol. The molecular weight excluding hydrogens is 444 g/mol. The summed E-state index contributed by atoms with van der Waals surface area (Å²) in [4.78, 5) is 7.61. The van der Waals surface area contributed by atoms with Crippen LogP contribution in [0.15, 0.2) is 76.3 Å². The molecule has 0 aliphatic carbocycles. The topological polar surface area (TPSA) is 71.5 Å². The molecule has 152 valence electrons. The first-order valence-electron chi connectivity index (χ1n) is 9.59. The number of halogens is 1. The number of para-hydroxylation sites is 2. The van der Waals surface area contributed by atoms with Crippen LogP contribution in [0.1, 0.15) is 18.1 Å². The third kappa shape index (κ3) is 4.99. The van der Waals surface area contributed by atoms with Crippen LogP contribution in [0.2, 0.25) is 0 Å². The molecule has 0 unspecified atom stereocenters. The second-order valence-corrected chi connectivity index (χ2v) is 7.44. The summed E-state index contributed by atoms with van der Waals surface area (Å²) < 4.78 is 12.8. The Labute approximate surface area is 183 Å². The van der Waals surface area contributed by atoms with Gasteiger partial charge >= 0.3 is 0 Å². The van der Waals surface area contributed by atoms with Gasteiger partial charge in [-0.15, -0.1) is 0 Å². The number of anilines is 1. The molecule has 0 bridgehead atoms. The molecule has 1 aromatic heterocycles. The SMILES string of the molecule is CCOc1cc(/C=N/Nc2nc3ccccc3[nH]2)ccc1OCc1ccc(Br)cc1. The average Bonchev–Trinajstić information content (AvgIpc) is 3.17. The molecule has 7 heteroatoms. The maximum atomic E-state index is 5.96. The summed E-state index contributed by atoms with van der Waals surface area (Å²) in [5.74, 6) is 1.97. The lowest BCUT2D eigenvalue weighted by Crippen LogP contribution is -2.00. The van der Waals surface area contributed by atoms with Crippen molar-refractivity contribution in [3.8, 4) is 11.5 Å². The molecule has 0 aliphatic rings. The van der Waals surface area contributed by atoms with Crippen LogP contribution < -0.4 is 14.9 Å². The number of hydrogen-bond donors (Lipinski definition) is 2. The minimum absolute atomic E-state index is 0.467. The summed E-state index contributed by atoms with van der Waals surface area (Å²) in [5.41, 5.74) is 6.75. The van der Waals surface area contributed by atoms with Crippen molar-refractivity contribution in [2.75, 3.05) is 12.0 Å². The van der Waals surface area contributed by atoms with Crippen molar-refractivity contribution in [2.45, 2.75) is 13.5 Å². The molecule has 0 aliphatic heterocycles. The smallest absolute Gasteiger partial charge is 0.222 e. The van der Waals surface area contributed by atoms with Crippen LogP contribution in [0.25, 0.3) is 11.0 Å². The Morgan fingerprint density at radius 1 is 1.03 bits per heavy atom. The molecular formula is C23H21BrN4O2. The highest BCUT2D eigenvalue weighted by Crippen LogP contribution is 2.29. The first kappa shape index (κ1) is 20.0. The number of nitrogens with one attached hydrogen (secondary N) is 2. The molecule has 0 saturated heterocycles. The van der Waals surface area contributed by atoms with Gasteiger partial charge in [0, 0.05) is 4.47 Å². The Kier molecular flexibility index (Phi) is 6.29. The summed E-state index contributed by atoms with van der Waals surface area (Å²) in [7, 11) is 0. The van der Waals surface area contributed by atoms with Crippen molar-refractivity contribution in [1.29, 1.82) is 0 Å². The lowest BCUT2D eigenvalue weighted by molar-refractivity contribution is 0.269. The van der Waals surface area contributed by atoms with Crippen LogP contribution in [-0.2, 0) is 6.61 Å². The van der Waals surface area contributed by atoms with E-state index in [4.69, 9.17) is 9.47 Å². The summed E-state index contributed by atoms with van der Waals surface area (Å²) in [6.45, 7) is 2.96. The second-order valence-electron chi connectivity index (χ2n) is 6.53. The molecule has 0 spiro atoms. The minimum atomic E-state index is 0.467. The number of aromatic amines is 1. The summed E-state index contributed by atoms with van der Waals surface area (Å²) >= 11 is 3.44. The number of ether oxygens (including phenoxy) is 2. The predicted molar refractivity (Wildman–Crippen MR) is 123 cm³/mol. The molecule has 6 nitrogen and oxygen atoms in total. The number of imidazole rings is 1. The van der Waals surface area contributed by atoms with Gasteiger partial charge in [0.25, 0.3) is 0 Å². The van der Waals surface area contributed by atoms with Gasteiger partial charge in [0.1, 0.15) is 6.61 Å². The van der Waals surface area contributed by atoms with Crippen molar-refractivity contribution in [1.82, 2.24) is 9.97 Å². The zero-order valence-corrected chi connectivity index (χ0v) is 18.0. The first-order valence-corrected chi connectivity index (χ1v) is 10.4. The highest BCUT2D eigenvalue weighted by atomic mass is 79.9. The molecule has 4 rings (SSSR count). The van der Waals surface area contributed by atoms with Crippen molar-refractivity contribution in [2.24, 2.45) is 5.10 Å². The van der Waals surface area contributed by atoms with Crippen molar-refractivity contribution >= 4 is 39.1 Å².